The molecule has 3 saturated heterocycles. The van der Waals surface area contributed by atoms with Gasteiger partial charge in [0.05, 0.1) is 10.2 Å². The molecule has 20 heavy (non-hydrogen) atoms. The fourth-order valence-corrected chi connectivity index (χ4v) is 3.29. The number of hydrogen-bond acceptors (Lipinski definition) is 3. The highest BCUT2D eigenvalue weighted by molar-refractivity contribution is 9.10. The van der Waals surface area contributed by atoms with Gasteiger partial charge in [-0.3, -0.25) is 10.2 Å². The van der Waals surface area contributed by atoms with E-state index < -0.39 is 11.9 Å². The number of piperidine rings is 3. The number of ether oxygens (including phenoxy) is 1. The molecule has 1 atom stereocenters. The first-order chi connectivity index (χ1) is 9.63. The third-order valence-corrected chi connectivity index (χ3v) is 4.85. The molecule has 1 aromatic carbocycles. The van der Waals surface area contributed by atoms with Crippen LogP contribution in [0.3, 0.4) is 0 Å². The van der Waals surface area contributed by atoms with E-state index in [1.54, 1.807) is 12.1 Å². The molecule has 0 saturated carbocycles. The smallest absolute Gasteiger partial charge is 0.411 e. The van der Waals surface area contributed by atoms with Gasteiger partial charge in [-0.15, -0.1) is 0 Å². The summed E-state index contributed by atoms with van der Waals surface area (Å²) in [5.41, 5.74) is 0.385. The minimum Gasteiger partial charge on any atom is -0.444 e. The van der Waals surface area contributed by atoms with E-state index >= 15 is 0 Å². The third kappa shape index (κ3) is 2.81. The first-order valence-electron chi connectivity index (χ1n) is 6.77. The van der Waals surface area contributed by atoms with E-state index in [0.717, 1.165) is 32.5 Å². The predicted octanol–water partition coefficient (Wildman–Crippen LogP) is 3.23. The van der Waals surface area contributed by atoms with Gasteiger partial charge in [0, 0.05) is 6.54 Å². The Morgan fingerprint density at radius 3 is 2.80 bits per heavy atom. The lowest BCUT2D eigenvalue weighted by Crippen LogP contribution is -2.52. The zero-order valence-electron chi connectivity index (χ0n) is 10.9. The molecule has 4 rings (SSSR count). The summed E-state index contributed by atoms with van der Waals surface area (Å²) in [6.45, 7) is 3.01. The van der Waals surface area contributed by atoms with Crippen LogP contribution >= 0.6 is 15.9 Å². The lowest BCUT2D eigenvalue weighted by Gasteiger charge is -2.43. The summed E-state index contributed by atoms with van der Waals surface area (Å²) < 4.78 is 19.1. The van der Waals surface area contributed by atoms with E-state index in [1.807, 2.05) is 0 Å². The maximum Gasteiger partial charge on any atom is 0.411 e. The van der Waals surface area contributed by atoms with Crippen LogP contribution in [0.1, 0.15) is 12.8 Å². The average molecular weight is 343 g/mol. The van der Waals surface area contributed by atoms with Crippen molar-refractivity contribution in [1.82, 2.24) is 4.90 Å². The van der Waals surface area contributed by atoms with Crippen molar-refractivity contribution >= 4 is 27.7 Å². The number of nitrogens with one attached hydrogen (secondary N) is 1. The fraction of sp³-hybridized carbons (Fsp3) is 0.500. The Morgan fingerprint density at radius 2 is 2.15 bits per heavy atom. The van der Waals surface area contributed by atoms with Gasteiger partial charge in [0.1, 0.15) is 11.9 Å². The van der Waals surface area contributed by atoms with Crippen LogP contribution in [0.15, 0.2) is 22.7 Å². The molecule has 0 spiro atoms. The van der Waals surface area contributed by atoms with Crippen molar-refractivity contribution < 1.29 is 13.9 Å². The Balaban J connectivity index is 1.61. The lowest BCUT2D eigenvalue weighted by molar-refractivity contribution is -0.0289. The highest BCUT2D eigenvalue weighted by Crippen LogP contribution is 2.30. The zero-order valence-corrected chi connectivity index (χ0v) is 12.5. The Labute approximate surface area is 125 Å². The number of halogens is 2. The van der Waals surface area contributed by atoms with Gasteiger partial charge >= 0.3 is 6.09 Å². The Kier molecular flexibility index (Phi) is 3.94. The first-order valence-corrected chi connectivity index (χ1v) is 7.57. The summed E-state index contributed by atoms with van der Waals surface area (Å²) in [4.78, 5) is 14.2. The van der Waals surface area contributed by atoms with Crippen molar-refractivity contribution in [2.45, 2.75) is 18.9 Å². The minimum absolute atomic E-state index is 0.0511. The Morgan fingerprint density at radius 1 is 1.40 bits per heavy atom. The molecule has 1 N–H and O–H groups in total. The number of rotatable bonds is 2. The second kappa shape index (κ2) is 5.69. The maximum absolute atomic E-state index is 13.4. The molecule has 1 amide bonds. The highest BCUT2D eigenvalue weighted by Gasteiger charge is 2.36. The van der Waals surface area contributed by atoms with Crippen LogP contribution in [0.4, 0.5) is 14.9 Å². The topological polar surface area (TPSA) is 41.6 Å². The molecule has 0 aromatic heterocycles. The molecular weight excluding hydrogens is 327 g/mol. The number of carbonyl (C=O) groups is 1. The van der Waals surface area contributed by atoms with Crippen LogP contribution < -0.4 is 5.32 Å². The van der Waals surface area contributed by atoms with Crippen LogP contribution in [0.25, 0.3) is 0 Å². The molecule has 3 fully saturated rings. The Bertz CT molecular complexity index is 518. The normalized spacial score (nSPS) is 28.2. The molecule has 1 aromatic rings. The first kappa shape index (κ1) is 13.8. The summed E-state index contributed by atoms with van der Waals surface area (Å²) in [7, 11) is 0. The monoisotopic (exact) mass is 342 g/mol. The molecule has 0 radical (unpaired) electrons. The molecule has 108 valence electrons. The summed E-state index contributed by atoms with van der Waals surface area (Å²) in [6, 6.07) is 4.50. The maximum atomic E-state index is 13.4. The number of anilines is 1. The second-order valence-electron chi connectivity index (χ2n) is 5.31. The largest absolute Gasteiger partial charge is 0.444 e. The van der Waals surface area contributed by atoms with Crippen molar-refractivity contribution in [3.05, 3.63) is 28.5 Å². The quantitative estimate of drug-likeness (QED) is 0.897. The van der Waals surface area contributed by atoms with Gasteiger partial charge in [0.2, 0.25) is 0 Å². The second-order valence-corrected chi connectivity index (χ2v) is 6.10. The van der Waals surface area contributed by atoms with Gasteiger partial charge < -0.3 is 4.74 Å². The summed E-state index contributed by atoms with van der Waals surface area (Å²) >= 11 is 3.11. The van der Waals surface area contributed by atoms with Gasteiger partial charge in [-0.05, 0) is 59.9 Å². The molecule has 0 aliphatic carbocycles. The molecule has 3 aliphatic rings. The summed E-state index contributed by atoms with van der Waals surface area (Å²) in [6.07, 6.45) is 1.60. The van der Waals surface area contributed by atoms with Gasteiger partial charge in [-0.25, -0.2) is 9.18 Å². The molecule has 1 unspecified atom stereocenters. The van der Waals surface area contributed by atoms with Crippen molar-refractivity contribution in [1.29, 1.82) is 0 Å². The van der Waals surface area contributed by atoms with Gasteiger partial charge in [-0.2, -0.15) is 0 Å². The lowest BCUT2D eigenvalue weighted by atomic mass is 9.86. The van der Waals surface area contributed by atoms with Gasteiger partial charge in [0.25, 0.3) is 0 Å². The summed E-state index contributed by atoms with van der Waals surface area (Å²) in [5, 5.41) is 2.59. The predicted molar refractivity (Wildman–Crippen MR) is 77.2 cm³/mol. The van der Waals surface area contributed by atoms with Crippen LogP contribution in [0.2, 0.25) is 0 Å². The van der Waals surface area contributed by atoms with E-state index in [1.165, 1.54) is 6.07 Å². The third-order valence-electron chi connectivity index (χ3n) is 4.04. The van der Waals surface area contributed by atoms with Crippen molar-refractivity contribution in [3.63, 3.8) is 0 Å². The summed E-state index contributed by atoms with van der Waals surface area (Å²) in [5.74, 6) is 0.0485. The van der Waals surface area contributed by atoms with E-state index in [9.17, 15) is 9.18 Å². The van der Waals surface area contributed by atoms with E-state index in [-0.39, 0.29) is 10.6 Å². The SMILES string of the molecule is O=C(Nc1cccc(F)c1Br)OC1CN2CCC1CC2. The molecule has 3 aliphatic heterocycles. The number of carbonyl (C=O) groups excluding carboxylic acids is 1. The fourth-order valence-electron chi connectivity index (χ4n) is 2.92. The minimum atomic E-state index is -0.518. The van der Waals surface area contributed by atoms with Gasteiger partial charge in [-0.1, -0.05) is 6.07 Å². The zero-order chi connectivity index (χ0) is 14.1. The van der Waals surface area contributed by atoms with E-state index in [2.05, 4.69) is 26.1 Å². The molecular formula is C14H16BrFN2O2. The number of hydrogen-bond donors (Lipinski definition) is 1. The van der Waals surface area contributed by atoms with E-state index in [4.69, 9.17) is 4.74 Å². The Hall–Kier alpha value is -1.14. The van der Waals surface area contributed by atoms with E-state index in [0.29, 0.717) is 11.6 Å². The van der Waals surface area contributed by atoms with Crippen LogP contribution in [0, 0.1) is 11.7 Å². The average Bonchev–Trinajstić information content (AvgIpc) is 2.45. The number of nitrogens with zero attached hydrogens (tertiary/aromatic N) is 1. The van der Waals surface area contributed by atoms with Crippen molar-refractivity contribution in [2.24, 2.45) is 5.92 Å². The number of fused-ring (bicyclic) bond motifs is 3. The van der Waals surface area contributed by atoms with Crippen LogP contribution in [-0.2, 0) is 4.74 Å². The molecule has 2 bridgehead atoms. The number of amides is 1. The van der Waals surface area contributed by atoms with Gasteiger partial charge in [0.15, 0.2) is 0 Å². The standard InChI is InChI=1S/C14H16BrFN2O2/c15-13-10(16)2-1-3-11(13)17-14(19)20-12-8-18-6-4-9(12)5-7-18/h1-3,9,12H,4-8H2,(H,17,19). The molecule has 6 heteroatoms. The highest BCUT2D eigenvalue weighted by atomic mass is 79.9. The van der Waals surface area contributed by atoms with Crippen LogP contribution in [0.5, 0.6) is 0 Å². The number of benzene rings is 1. The molecule has 3 heterocycles. The molecule has 4 nitrogen and oxygen atoms in total. The van der Waals surface area contributed by atoms with Crippen LogP contribution in [-0.4, -0.2) is 36.7 Å². The van der Waals surface area contributed by atoms with Crippen molar-refractivity contribution in [2.75, 3.05) is 25.0 Å². The van der Waals surface area contributed by atoms with Crippen molar-refractivity contribution in [3.8, 4) is 0 Å².